The SMILES string of the molecule is CCCCCCCCOC(=O)CCCCCCCCCCCCCC(CC(=O)OCCCCCCCC)C(C)C. The molecule has 0 radical (unpaired) electrons. The highest BCUT2D eigenvalue weighted by atomic mass is 16.5. The van der Waals surface area contributed by atoms with Gasteiger partial charge in [0.25, 0.3) is 0 Å². The first kappa shape index (κ1) is 38.9. The zero-order valence-electron chi connectivity index (χ0n) is 27.6. The summed E-state index contributed by atoms with van der Waals surface area (Å²) in [4.78, 5) is 24.1. The van der Waals surface area contributed by atoms with Crippen LogP contribution in [-0.2, 0) is 19.1 Å². The van der Waals surface area contributed by atoms with Crippen LogP contribution in [0.25, 0.3) is 0 Å². The molecular weight excluding hydrogens is 496 g/mol. The summed E-state index contributed by atoms with van der Waals surface area (Å²) in [6, 6.07) is 0. The van der Waals surface area contributed by atoms with Crippen molar-refractivity contribution in [3.63, 3.8) is 0 Å². The molecule has 0 N–H and O–H groups in total. The van der Waals surface area contributed by atoms with E-state index in [0.717, 1.165) is 32.1 Å². The van der Waals surface area contributed by atoms with Gasteiger partial charge in [0.1, 0.15) is 0 Å². The zero-order chi connectivity index (χ0) is 29.5. The second kappa shape index (κ2) is 30.9. The molecule has 4 heteroatoms. The van der Waals surface area contributed by atoms with Gasteiger partial charge in [-0.2, -0.15) is 0 Å². The van der Waals surface area contributed by atoms with E-state index in [4.69, 9.17) is 9.47 Å². The number of hydrogen-bond donors (Lipinski definition) is 0. The maximum atomic E-state index is 12.3. The van der Waals surface area contributed by atoms with Crippen molar-refractivity contribution in [1.82, 2.24) is 0 Å². The van der Waals surface area contributed by atoms with E-state index in [9.17, 15) is 9.59 Å². The molecule has 0 rings (SSSR count). The van der Waals surface area contributed by atoms with Crippen LogP contribution in [0.4, 0.5) is 0 Å². The highest BCUT2D eigenvalue weighted by Crippen LogP contribution is 2.24. The fourth-order valence-electron chi connectivity index (χ4n) is 5.42. The molecule has 0 aromatic heterocycles. The highest BCUT2D eigenvalue weighted by molar-refractivity contribution is 5.69. The molecule has 238 valence electrons. The minimum Gasteiger partial charge on any atom is -0.466 e. The summed E-state index contributed by atoms with van der Waals surface area (Å²) in [5.74, 6) is 1.00. The maximum Gasteiger partial charge on any atom is 0.306 e. The van der Waals surface area contributed by atoms with E-state index >= 15 is 0 Å². The smallest absolute Gasteiger partial charge is 0.306 e. The van der Waals surface area contributed by atoms with Gasteiger partial charge in [-0.25, -0.2) is 0 Å². The van der Waals surface area contributed by atoms with E-state index in [2.05, 4.69) is 27.7 Å². The van der Waals surface area contributed by atoms with E-state index in [-0.39, 0.29) is 11.9 Å². The lowest BCUT2D eigenvalue weighted by Crippen LogP contribution is -2.17. The van der Waals surface area contributed by atoms with Crippen LogP contribution in [0.2, 0.25) is 0 Å². The molecule has 0 fully saturated rings. The van der Waals surface area contributed by atoms with E-state index in [1.165, 1.54) is 122 Å². The van der Waals surface area contributed by atoms with E-state index in [1.807, 2.05) is 0 Å². The van der Waals surface area contributed by atoms with Crippen LogP contribution >= 0.6 is 0 Å². The second-order valence-electron chi connectivity index (χ2n) is 12.6. The molecule has 0 aromatic carbocycles. The molecular formula is C36H70O4. The van der Waals surface area contributed by atoms with Crippen LogP contribution in [0, 0.1) is 11.8 Å². The van der Waals surface area contributed by atoms with Gasteiger partial charge in [0.2, 0.25) is 0 Å². The van der Waals surface area contributed by atoms with Crippen molar-refractivity contribution < 1.29 is 19.1 Å². The van der Waals surface area contributed by atoms with Crippen molar-refractivity contribution >= 4 is 11.9 Å². The van der Waals surface area contributed by atoms with Crippen LogP contribution in [-0.4, -0.2) is 25.2 Å². The quantitative estimate of drug-likeness (QED) is 0.0618. The Bertz CT molecular complexity index is 545. The molecule has 0 aliphatic carbocycles. The van der Waals surface area contributed by atoms with Crippen LogP contribution in [0.3, 0.4) is 0 Å². The first-order valence-corrected chi connectivity index (χ1v) is 17.8. The fraction of sp³-hybridized carbons (Fsp3) is 0.944. The molecule has 0 bridgehead atoms. The predicted molar refractivity (Wildman–Crippen MR) is 172 cm³/mol. The molecule has 40 heavy (non-hydrogen) atoms. The van der Waals surface area contributed by atoms with Crippen LogP contribution in [0.15, 0.2) is 0 Å². The fourth-order valence-corrected chi connectivity index (χ4v) is 5.42. The zero-order valence-corrected chi connectivity index (χ0v) is 27.6. The highest BCUT2D eigenvalue weighted by Gasteiger charge is 2.18. The Morgan fingerprint density at radius 2 is 0.850 bits per heavy atom. The Labute approximate surface area is 250 Å². The topological polar surface area (TPSA) is 52.6 Å². The molecule has 0 amide bonds. The summed E-state index contributed by atoms with van der Waals surface area (Å²) in [5, 5.41) is 0. The lowest BCUT2D eigenvalue weighted by atomic mass is 9.87. The summed E-state index contributed by atoms with van der Waals surface area (Å²) >= 11 is 0. The summed E-state index contributed by atoms with van der Waals surface area (Å²) < 4.78 is 10.9. The van der Waals surface area contributed by atoms with Crippen LogP contribution in [0.5, 0.6) is 0 Å². The predicted octanol–water partition coefficient (Wildman–Crippen LogP) is 11.5. The summed E-state index contributed by atoms with van der Waals surface area (Å²) in [5.41, 5.74) is 0. The first-order valence-electron chi connectivity index (χ1n) is 17.8. The Balaban J connectivity index is 3.51. The normalized spacial score (nSPS) is 12.1. The number of hydrogen-bond acceptors (Lipinski definition) is 4. The molecule has 0 aliphatic heterocycles. The molecule has 1 atom stereocenters. The number of carbonyl (C=O) groups is 2. The largest absolute Gasteiger partial charge is 0.466 e. The van der Waals surface area contributed by atoms with Crippen molar-refractivity contribution in [3.8, 4) is 0 Å². The first-order chi connectivity index (χ1) is 19.5. The monoisotopic (exact) mass is 567 g/mol. The average Bonchev–Trinajstić information content (AvgIpc) is 2.93. The van der Waals surface area contributed by atoms with Gasteiger partial charge in [-0.15, -0.1) is 0 Å². The standard InChI is InChI=1S/C36H70O4/c1-5-7-9-11-22-26-30-39-35(37)29-25-21-19-17-15-13-14-16-18-20-24-28-34(33(3)4)32-36(38)40-31-27-23-12-10-8-6-2/h33-34H,5-32H2,1-4H3. The number of esters is 2. The molecule has 0 saturated carbocycles. The van der Waals surface area contributed by atoms with Crippen LogP contribution in [0.1, 0.15) is 195 Å². The number of carbonyl (C=O) groups excluding carboxylic acids is 2. The summed E-state index contributed by atoms with van der Waals surface area (Å²) in [6.07, 6.45) is 30.8. The molecule has 0 spiro atoms. The van der Waals surface area contributed by atoms with Crippen LogP contribution < -0.4 is 0 Å². The molecule has 0 heterocycles. The van der Waals surface area contributed by atoms with Crippen molar-refractivity contribution in [2.24, 2.45) is 11.8 Å². The minimum absolute atomic E-state index is 0.00305. The summed E-state index contributed by atoms with van der Waals surface area (Å²) in [7, 11) is 0. The minimum atomic E-state index is -0.00305. The Kier molecular flexibility index (Phi) is 30.1. The van der Waals surface area contributed by atoms with Gasteiger partial charge in [-0.05, 0) is 37.5 Å². The maximum absolute atomic E-state index is 12.3. The van der Waals surface area contributed by atoms with Gasteiger partial charge in [0.15, 0.2) is 0 Å². The third-order valence-electron chi connectivity index (χ3n) is 8.35. The molecule has 0 aromatic rings. The van der Waals surface area contributed by atoms with Gasteiger partial charge in [0, 0.05) is 12.8 Å². The van der Waals surface area contributed by atoms with Crippen molar-refractivity contribution in [3.05, 3.63) is 0 Å². The Hall–Kier alpha value is -1.06. The third kappa shape index (κ3) is 28.5. The number of unbranched alkanes of at least 4 members (excludes halogenated alkanes) is 20. The molecule has 1 unspecified atom stereocenters. The average molecular weight is 567 g/mol. The van der Waals surface area contributed by atoms with Gasteiger partial charge >= 0.3 is 11.9 Å². The second-order valence-corrected chi connectivity index (χ2v) is 12.6. The van der Waals surface area contributed by atoms with E-state index in [0.29, 0.717) is 37.9 Å². The molecule has 0 saturated heterocycles. The van der Waals surface area contributed by atoms with Crippen molar-refractivity contribution in [1.29, 1.82) is 0 Å². The number of ether oxygens (including phenoxy) is 2. The summed E-state index contributed by atoms with van der Waals surface area (Å²) in [6.45, 7) is 10.2. The van der Waals surface area contributed by atoms with Crippen molar-refractivity contribution in [2.45, 2.75) is 195 Å². The lowest BCUT2D eigenvalue weighted by Gasteiger charge is -2.20. The van der Waals surface area contributed by atoms with Gasteiger partial charge in [0.05, 0.1) is 13.2 Å². The van der Waals surface area contributed by atoms with Gasteiger partial charge in [-0.1, -0.05) is 156 Å². The molecule has 4 nitrogen and oxygen atoms in total. The van der Waals surface area contributed by atoms with E-state index in [1.54, 1.807) is 0 Å². The lowest BCUT2D eigenvalue weighted by molar-refractivity contribution is -0.145. The van der Waals surface area contributed by atoms with Crippen molar-refractivity contribution in [2.75, 3.05) is 13.2 Å². The van der Waals surface area contributed by atoms with Gasteiger partial charge in [-0.3, -0.25) is 9.59 Å². The third-order valence-corrected chi connectivity index (χ3v) is 8.35. The Morgan fingerprint density at radius 1 is 0.475 bits per heavy atom. The van der Waals surface area contributed by atoms with E-state index < -0.39 is 0 Å². The molecule has 0 aliphatic rings. The number of rotatable bonds is 31. The van der Waals surface area contributed by atoms with Gasteiger partial charge < -0.3 is 9.47 Å². The Morgan fingerprint density at radius 3 is 1.30 bits per heavy atom.